The zero-order valence-corrected chi connectivity index (χ0v) is 15.9. The van der Waals surface area contributed by atoms with Crippen LogP contribution in [0.1, 0.15) is 35.6 Å². The molecular formula is C23H26N2O3. The number of fused-ring (bicyclic) bond motifs is 1. The third kappa shape index (κ3) is 4.73. The van der Waals surface area contributed by atoms with Crippen LogP contribution in [0.25, 0.3) is 10.8 Å². The number of hydrogen-bond donors (Lipinski definition) is 2. The van der Waals surface area contributed by atoms with Crippen LogP contribution in [0.5, 0.6) is 5.75 Å². The molecule has 1 aromatic heterocycles. The summed E-state index contributed by atoms with van der Waals surface area (Å²) in [7, 11) is 0. The number of amides is 1. The van der Waals surface area contributed by atoms with Crippen LogP contribution in [-0.4, -0.2) is 25.5 Å². The molecular weight excluding hydrogens is 352 g/mol. The normalized spacial score (nSPS) is 16.8. The maximum atomic E-state index is 12.3. The van der Waals surface area contributed by atoms with Gasteiger partial charge in [-0.15, -0.1) is 0 Å². The van der Waals surface area contributed by atoms with E-state index in [1.54, 1.807) is 12.1 Å². The lowest BCUT2D eigenvalue weighted by atomic mass is 9.96. The van der Waals surface area contributed by atoms with Gasteiger partial charge in [0.25, 0.3) is 5.91 Å². The Morgan fingerprint density at radius 3 is 2.89 bits per heavy atom. The topological polar surface area (TPSA) is 63.5 Å². The highest BCUT2D eigenvalue weighted by Crippen LogP contribution is 2.22. The smallest absolute Gasteiger partial charge is 0.286 e. The second-order valence-electron chi connectivity index (χ2n) is 7.32. The highest BCUT2D eigenvalue weighted by atomic mass is 16.5. The van der Waals surface area contributed by atoms with Gasteiger partial charge in [0.2, 0.25) is 0 Å². The minimum absolute atomic E-state index is 0.166. The van der Waals surface area contributed by atoms with E-state index < -0.39 is 0 Å². The average Bonchev–Trinajstić information content (AvgIpc) is 3.22. The van der Waals surface area contributed by atoms with Gasteiger partial charge in [-0.3, -0.25) is 4.79 Å². The summed E-state index contributed by atoms with van der Waals surface area (Å²) in [6.07, 6.45) is 3.45. The maximum Gasteiger partial charge on any atom is 0.286 e. The van der Waals surface area contributed by atoms with Gasteiger partial charge >= 0.3 is 0 Å². The summed E-state index contributed by atoms with van der Waals surface area (Å²) in [5, 5.41) is 8.66. The van der Waals surface area contributed by atoms with Crippen molar-refractivity contribution in [3.05, 3.63) is 66.1 Å². The van der Waals surface area contributed by atoms with Crippen molar-refractivity contribution in [1.29, 1.82) is 0 Å². The Morgan fingerprint density at radius 1 is 1.14 bits per heavy atom. The molecule has 0 saturated carbocycles. The fourth-order valence-corrected chi connectivity index (χ4v) is 3.64. The number of carbonyl (C=O) groups is 1. The number of ether oxygens (including phenoxy) is 1. The molecule has 5 heteroatoms. The number of hydrogen-bond acceptors (Lipinski definition) is 4. The monoisotopic (exact) mass is 378 g/mol. The van der Waals surface area contributed by atoms with Crippen molar-refractivity contribution >= 4 is 16.7 Å². The Balaban J connectivity index is 1.26. The molecule has 4 rings (SSSR count). The van der Waals surface area contributed by atoms with Gasteiger partial charge in [0.1, 0.15) is 18.1 Å². The molecule has 1 aliphatic rings. The van der Waals surface area contributed by atoms with Crippen molar-refractivity contribution in [3.63, 3.8) is 0 Å². The first-order valence-electron chi connectivity index (χ1n) is 9.97. The molecule has 1 saturated heterocycles. The molecule has 28 heavy (non-hydrogen) atoms. The van der Waals surface area contributed by atoms with Crippen molar-refractivity contribution in [2.24, 2.45) is 5.92 Å². The van der Waals surface area contributed by atoms with Crippen molar-refractivity contribution < 1.29 is 13.9 Å². The summed E-state index contributed by atoms with van der Waals surface area (Å²) in [5.41, 5.74) is 0. The number of benzene rings is 2. The standard InChI is InChI=1S/C23H26N2O3/c26-23(25-13-11-17-4-3-12-24-15-17)22-10-9-21(28-22)16-27-20-8-7-18-5-1-2-6-19(18)14-20/h1-2,5-10,14,17,24H,3-4,11-13,15-16H2,(H,25,26). The zero-order chi connectivity index (χ0) is 19.2. The van der Waals surface area contributed by atoms with Crippen LogP contribution in [0.2, 0.25) is 0 Å². The van der Waals surface area contributed by atoms with E-state index in [0.29, 0.717) is 30.6 Å². The molecule has 1 atom stereocenters. The van der Waals surface area contributed by atoms with Crippen LogP contribution in [0, 0.1) is 5.92 Å². The molecule has 146 valence electrons. The molecule has 1 aliphatic heterocycles. The molecule has 0 aliphatic carbocycles. The Labute approximate surface area is 165 Å². The van der Waals surface area contributed by atoms with Crippen molar-refractivity contribution in [2.75, 3.05) is 19.6 Å². The predicted molar refractivity (Wildman–Crippen MR) is 110 cm³/mol. The maximum absolute atomic E-state index is 12.3. The molecule has 0 spiro atoms. The molecule has 1 unspecified atom stereocenters. The minimum atomic E-state index is -0.166. The van der Waals surface area contributed by atoms with Crippen LogP contribution in [-0.2, 0) is 6.61 Å². The number of piperidine rings is 1. The lowest BCUT2D eigenvalue weighted by Crippen LogP contribution is -2.33. The molecule has 2 N–H and O–H groups in total. The molecule has 1 amide bonds. The second-order valence-corrected chi connectivity index (χ2v) is 7.32. The molecule has 3 aromatic rings. The van der Waals surface area contributed by atoms with Crippen LogP contribution in [0.3, 0.4) is 0 Å². The van der Waals surface area contributed by atoms with Crippen LogP contribution in [0.15, 0.2) is 59.0 Å². The SMILES string of the molecule is O=C(NCCC1CCCNC1)c1ccc(COc2ccc3ccccc3c2)o1. The number of furan rings is 1. The van der Waals surface area contributed by atoms with E-state index in [9.17, 15) is 4.79 Å². The van der Waals surface area contributed by atoms with Gasteiger partial charge < -0.3 is 19.8 Å². The van der Waals surface area contributed by atoms with Crippen molar-refractivity contribution in [2.45, 2.75) is 25.9 Å². The summed E-state index contributed by atoms with van der Waals surface area (Å²) in [5.74, 6) is 2.23. The van der Waals surface area contributed by atoms with E-state index in [4.69, 9.17) is 9.15 Å². The Bertz CT molecular complexity index is 928. The van der Waals surface area contributed by atoms with Crippen LogP contribution in [0.4, 0.5) is 0 Å². The van der Waals surface area contributed by atoms with Crippen molar-refractivity contribution in [1.82, 2.24) is 10.6 Å². The quantitative estimate of drug-likeness (QED) is 0.649. The highest BCUT2D eigenvalue weighted by Gasteiger charge is 2.15. The van der Waals surface area contributed by atoms with Gasteiger partial charge in [0.05, 0.1) is 0 Å². The Morgan fingerprint density at radius 2 is 2.04 bits per heavy atom. The molecule has 2 heterocycles. The minimum Gasteiger partial charge on any atom is -0.486 e. The number of rotatable bonds is 7. The van der Waals surface area contributed by atoms with E-state index >= 15 is 0 Å². The van der Waals surface area contributed by atoms with E-state index in [0.717, 1.165) is 30.6 Å². The Kier molecular flexibility index (Phi) is 5.92. The summed E-state index contributed by atoms with van der Waals surface area (Å²) < 4.78 is 11.5. The largest absolute Gasteiger partial charge is 0.486 e. The van der Waals surface area contributed by atoms with Gasteiger partial charge in [-0.2, -0.15) is 0 Å². The number of carbonyl (C=O) groups excluding carboxylic acids is 1. The van der Waals surface area contributed by atoms with E-state index in [1.165, 1.54) is 18.2 Å². The van der Waals surface area contributed by atoms with Gasteiger partial charge in [0, 0.05) is 6.54 Å². The van der Waals surface area contributed by atoms with E-state index in [1.807, 2.05) is 30.3 Å². The molecule has 5 nitrogen and oxygen atoms in total. The summed E-state index contributed by atoms with van der Waals surface area (Å²) in [4.78, 5) is 12.3. The third-order valence-electron chi connectivity index (χ3n) is 5.22. The van der Waals surface area contributed by atoms with E-state index in [-0.39, 0.29) is 5.91 Å². The summed E-state index contributed by atoms with van der Waals surface area (Å²) in [6, 6.07) is 17.6. The Hall–Kier alpha value is -2.79. The average molecular weight is 378 g/mol. The van der Waals surface area contributed by atoms with E-state index in [2.05, 4.69) is 22.8 Å². The van der Waals surface area contributed by atoms with Gasteiger partial charge in [0.15, 0.2) is 5.76 Å². The molecule has 0 radical (unpaired) electrons. The lowest BCUT2D eigenvalue weighted by molar-refractivity contribution is 0.0919. The first-order valence-corrected chi connectivity index (χ1v) is 9.97. The lowest BCUT2D eigenvalue weighted by Gasteiger charge is -2.22. The second kappa shape index (κ2) is 8.93. The van der Waals surface area contributed by atoms with Gasteiger partial charge in [-0.25, -0.2) is 0 Å². The van der Waals surface area contributed by atoms with Crippen molar-refractivity contribution in [3.8, 4) is 5.75 Å². The highest BCUT2D eigenvalue weighted by molar-refractivity contribution is 5.91. The number of nitrogens with one attached hydrogen (secondary N) is 2. The zero-order valence-electron chi connectivity index (χ0n) is 15.9. The fraction of sp³-hybridized carbons (Fsp3) is 0.348. The third-order valence-corrected chi connectivity index (χ3v) is 5.22. The predicted octanol–water partition coefficient (Wildman–Crippen LogP) is 4.13. The van der Waals surface area contributed by atoms with Crippen LogP contribution >= 0.6 is 0 Å². The first-order chi connectivity index (χ1) is 13.8. The molecule has 0 bridgehead atoms. The van der Waals surface area contributed by atoms with Gasteiger partial charge in [-0.1, -0.05) is 30.3 Å². The molecule has 2 aromatic carbocycles. The van der Waals surface area contributed by atoms with Gasteiger partial charge in [-0.05, 0) is 73.3 Å². The van der Waals surface area contributed by atoms with Crippen LogP contribution < -0.4 is 15.4 Å². The fourth-order valence-electron chi connectivity index (χ4n) is 3.64. The summed E-state index contributed by atoms with van der Waals surface area (Å²) in [6.45, 7) is 3.13. The molecule has 1 fully saturated rings. The first kappa shape index (κ1) is 18.6. The summed E-state index contributed by atoms with van der Waals surface area (Å²) >= 11 is 0.